The van der Waals surface area contributed by atoms with Crippen molar-refractivity contribution in [2.75, 3.05) is 14.2 Å². The van der Waals surface area contributed by atoms with Crippen LogP contribution in [-0.2, 0) is 10.1 Å². The molecular formula is C16H14BrClO6S. The van der Waals surface area contributed by atoms with E-state index in [1.165, 1.54) is 51.5 Å². The standard InChI is InChI=1S/C16H14BrClO6S/c1-9(19)10-4-5-13(14(6-10)22-2)24-25(20,21)15-8-11(18)7-12(17)16(15)23-3/h4-8H,1-3H3. The molecule has 25 heavy (non-hydrogen) atoms. The summed E-state index contributed by atoms with van der Waals surface area (Å²) >= 11 is 9.13. The first-order valence-electron chi connectivity index (χ1n) is 6.86. The number of Topliss-reactive ketones (excluding diaryl/α,β-unsaturated/α-hetero) is 1. The number of methoxy groups -OCH3 is 2. The van der Waals surface area contributed by atoms with Gasteiger partial charge in [0.2, 0.25) is 0 Å². The van der Waals surface area contributed by atoms with Gasteiger partial charge in [0.15, 0.2) is 27.9 Å². The van der Waals surface area contributed by atoms with Crippen LogP contribution in [-0.4, -0.2) is 28.4 Å². The molecule has 0 saturated carbocycles. The van der Waals surface area contributed by atoms with Crippen molar-refractivity contribution in [2.45, 2.75) is 11.8 Å². The highest BCUT2D eigenvalue weighted by molar-refractivity contribution is 9.10. The SMILES string of the molecule is COc1cc(C(C)=O)ccc1OS(=O)(=O)c1cc(Cl)cc(Br)c1OC. The Bertz CT molecular complexity index is 926. The van der Waals surface area contributed by atoms with Crippen LogP contribution in [0.2, 0.25) is 5.02 Å². The van der Waals surface area contributed by atoms with Crippen molar-refractivity contribution in [3.05, 3.63) is 45.4 Å². The predicted octanol–water partition coefficient (Wildman–Crippen LogP) is 4.09. The molecule has 134 valence electrons. The lowest BCUT2D eigenvalue weighted by Gasteiger charge is -2.14. The summed E-state index contributed by atoms with van der Waals surface area (Å²) < 4.78 is 41.1. The third-order valence-electron chi connectivity index (χ3n) is 3.22. The summed E-state index contributed by atoms with van der Waals surface area (Å²) in [6.45, 7) is 1.39. The van der Waals surface area contributed by atoms with Gasteiger partial charge >= 0.3 is 10.1 Å². The van der Waals surface area contributed by atoms with Gasteiger partial charge in [0.1, 0.15) is 0 Å². The summed E-state index contributed by atoms with van der Waals surface area (Å²) in [7, 11) is -1.60. The van der Waals surface area contributed by atoms with E-state index in [1.54, 1.807) is 0 Å². The van der Waals surface area contributed by atoms with E-state index in [-0.39, 0.29) is 32.9 Å². The van der Waals surface area contributed by atoms with E-state index in [0.717, 1.165) is 0 Å². The van der Waals surface area contributed by atoms with Crippen LogP contribution < -0.4 is 13.7 Å². The average Bonchev–Trinajstić information content (AvgIpc) is 2.54. The highest BCUT2D eigenvalue weighted by atomic mass is 79.9. The molecule has 9 heteroatoms. The number of ketones is 1. The molecule has 0 aliphatic heterocycles. The molecule has 0 aromatic heterocycles. The topological polar surface area (TPSA) is 78.9 Å². The second kappa shape index (κ2) is 7.63. The van der Waals surface area contributed by atoms with Crippen LogP contribution in [0.5, 0.6) is 17.2 Å². The Kier molecular flexibility index (Phi) is 5.97. The summed E-state index contributed by atoms with van der Waals surface area (Å²) in [5.74, 6) is -0.0844. The molecule has 0 radical (unpaired) electrons. The summed E-state index contributed by atoms with van der Waals surface area (Å²) in [6, 6.07) is 6.91. The highest BCUT2D eigenvalue weighted by Crippen LogP contribution is 2.38. The fourth-order valence-electron chi connectivity index (χ4n) is 2.04. The lowest BCUT2D eigenvalue weighted by molar-refractivity contribution is 0.101. The van der Waals surface area contributed by atoms with Crippen LogP contribution in [0, 0.1) is 0 Å². The van der Waals surface area contributed by atoms with Gasteiger partial charge in [-0.25, -0.2) is 0 Å². The normalized spacial score (nSPS) is 11.1. The third kappa shape index (κ3) is 4.26. The van der Waals surface area contributed by atoms with E-state index in [1.807, 2.05) is 0 Å². The van der Waals surface area contributed by atoms with E-state index in [9.17, 15) is 13.2 Å². The van der Waals surface area contributed by atoms with Gasteiger partial charge in [0.25, 0.3) is 0 Å². The quantitative estimate of drug-likeness (QED) is 0.488. The van der Waals surface area contributed by atoms with Gasteiger partial charge in [0, 0.05) is 10.6 Å². The van der Waals surface area contributed by atoms with Crippen molar-refractivity contribution in [3.63, 3.8) is 0 Å². The van der Waals surface area contributed by atoms with Crippen molar-refractivity contribution < 1.29 is 26.9 Å². The van der Waals surface area contributed by atoms with Gasteiger partial charge in [0.05, 0.1) is 18.7 Å². The number of benzene rings is 2. The molecule has 0 aliphatic rings. The van der Waals surface area contributed by atoms with Crippen molar-refractivity contribution in [1.29, 1.82) is 0 Å². The molecule has 0 N–H and O–H groups in total. The lowest BCUT2D eigenvalue weighted by Crippen LogP contribution is -2.12. The molecule has 2 aromatic carbocycles. The largest absolute Gasteiger partial charge is 0.494 e. The Morgan fingerprint density at radius 1 is 1.08 bits per heavy atom. The van der Waals surface area contributed by atoms with Crippen LogP contribution in [0.1, 0.15) is 17.3 Å². The minimum absolute atomic E-state index is 0.0590. The first-order chi connectivity index (χ1) is 11.7. The van der Waals surface area contributed by atoms with E-state index in [4.69, 9.17) is 25.3 Å². The molecule has 0 spiro atoms. The molecule has 0 amide bonds. The number of rotatable bonds is 6. The van der Waals surface area contributed by atoms with Gasteiger partial charge in [-0.05, 0) is 53.2 Å². The van der Waals surface area contributed by atoms with Crippen LogP contribution >= 0.6 is 27.5 Å². The number of hydrogen-bond donors (Lipinski definition) is 0. The lowest BCUT2D eigenvalue weighted by atomic mass is 10.1. The maximum absolute atomic E-state index is 12.7. The second-order valence-electron chi connectivity index (χ2n) is 4.88. The second-order valence-corrected chi connectivity index (χ2v) is 7.68. The Balaban J connectivity index is 2.52. The van der Waals surface area contributed by atoms with E-state index < -0.39 is 10.1 Å². The van der Waals surface area contributed by atoms with Gasteiger partial charge in [-0.3, -0.25) is 4.79 Å². The van der Waals surface area contributed by atoms with Gasteiger partial charge in [-0.2, -0.15) is 8.42 Å². The maximum Gasteiger partial charge on any atom is 0.343 e. The molecule has 0 unspecified atom stereocenters. The number of halogens is 2. The summed E-state index contributed by atoms with van der Waals surface area (Å²) in [5.41, 5.74) is 0.365. The summed E-state index contributed by atoms with van der Waals surface area (Å²) in [5, 5.41) is 0.189. The highest BCUT2D eigenvalue weighted by Gasteiger charge is 2.26. The van der Waals surface area contributed by atoms with Gasteiger partial charge in [-0.15, -0.1) is 0 Å². The maximum atomic E-state index is 12.7. The molecule has 0 heterocycles. The fraction of sp³-hybridized carbons (Fsp3) is 0.188. The van der Waals surface area contributed by atoms with Crippen LogP contribution in [0.3, 0.4) is 0 Å². The van der Waals surface area contributed by atoms with Crippen LogP contribution in [0.4, 0.5) is 0 Å². The minimum atomic E-state index is -4.27. The zero-order chi connectivity index (χ0) is 18.8. The molecule has 6 nitrogen and oxygen atoms in total. The molecule has 0 atom stereocenters. The van der Waals surface area contributed by atoms with Crippen LogP contribution in [0.25, 0.3) is 0 Å². The molecule has 0 aliphatic carbocycles. The number of carbonyl (C=O) groups excluding carboxylic acids is 1. The van der Waals surface area contributed by atoms with Gasteiger partial charge < -0.3 is 13.7 Å². The van der Waals surface area contributed by atoms with Crippen molar-refractivity contribution in [2.24, 2.45) is 0 Å². The first-order valence-corrected chi connectivity index (χ1v) is 9.44. The third-order valence-corrected chi connectivity index (χ3v) is 5.27. The number of hydrogen-bond acceptors (Lipinski definition) is 6. The predicted molar refractivity (Wildman–Crippen MR) is 96.5 cm³/mol. The minimum Gasteiger partial charge on any atom is -0.494 e. The summed E-state index contributed by atoms with van der Waals surface area (Å²) in [4.78, 5) is 11.2. The zero-order valence-corrected chi connectivity index (χ0v) is 16.7. The smallest absolute Gasteiger partial charge is 0.343 e. The van der Waals surface area contributed by atoms with Crippen LogP contribution in [0.15, 0.2) is 39.7 Å². The monoisotopic (exact) mass is 448 g/mol. The Morgan fingerprint density at radius 2 is 1.76 bits per heavy atom. The van der Waals surface area contributed by atoms with Crippen molar-refractivity contribution in [3.8, 4) is 17.2 Å². The molecule has 0 bridgehead atoms. The fourth-order valence-corrected chi connectivity index (χ4v) is 4.36. The first kappa shape index (κ1) is 19.6. The number of carbonyl (C=O) groups is 1. The molecule has 2 aromatic rings. The van der Waals surface area contributed by atoms with E-state index in [2.05, 4.69) is 15.9 Å². The van der Waals surface area contributed by atoms with E-state index >= 15 is 0 Å². The zero-order valence-electron chi connectivity index (χ0n) is 13.5. The molecule has 0 fully saturated rings. The Labute approximate surface area is 158 Å². The van der Waals surface area contributed by atoms with Gasteiger partial charge in [-0.1, -0.05) is 11.6 Å². The Hall–Kier alpha value is -1.77. The average molecular weight is 450 g/mol. The molecular weight excluding hydrogens is 436 g/mol. The Morgan fingerprint density at radius 3 is 2.32 bits per heavy atom. The van der Waals surface area contributed by atoms with Crippen molar-refractivity contribution in [1.82, 2.24) is 0 Å². The van der Waals surface area contributed by atoms with E-state index in [0.29, 0.717) is 10.0 Å². The van der Waals surface area contributed by atoms with Crippen molar-refractivity contribution >= 4 is 43.4 Å². The number of ether oxygens (including phenoxy) is 2. The summed E-state index contributed by atoms with van der Waals surface area (Å²) in [6.07, 6.45) is 0. The molecule has 0 saturated heterocycles. The molecule has 2 rings (SSSR count).